The lowest BCUT2D eigenvalue weighted by atomic mass is 10.3. The van der Waals surface area contributed by atoms with Crippen LogP contribution in [0.2, 0.25) is 0 Å². The van der Waals surface area contributed by atoms with E-state index in [1.807, 2.05) is 6.07 Å². The van der Waals surface area contributed by atoms with Gasteiger partial charge in [-0.15, -0.1) is 0 Å². The second-order valence-electron chi connectivity index (χ2n) is 4.19. The van der Waals surface area contributed by atoms with Gasteiger partial charge in [0, 0.05) is 12.6 Å². The Kier molecular flexibility index (Phi) is 4.04. The second-order valence-corrected chi connectivity index (χ2v) is 5.29. The maximum atomic E-state index is 11.9. The first-order valence-corrected chi connectivity index (χ1v) is 7.28. The van der Waals surface area contributed by atoms with Crippen molar-refractivity contribution in [2.75, 3.05) is 6.54 Å². The summed E-state index contributed by atoms with van der Waals surface area (Å²) in [6, 6.07) is 6.92. The topological polar surface area (TPSA) is 86.1 Å². The molecule has 3 aromatic heterocycles. The third-order valence-corrected chi connectivity index (χ3v) is 3.70. The largest absolute Gasteiger partial charge is 0.461 e. The lowest BCUT2D eigenvalue weighted by Crippen LogP contribution is -2.28. The zero-order valence-corrected chi connectivity index (χ0v) is 13.0. The fraction of sp³-hybridized carbons (Fsp3) is 0.154. The molecule has 1 amide bonds. The Bertz CT molecular complexity index is 732. The van der Waals surface area contributed by atoms with E-state index in [1.54, 1.807) is 29.1 Å². The van der Waals surface area contributed by atoms with Gasteiger partial charge in [-0.3, -0.25) is 9.48 Å². The zero-order valence-electron chi connectivity index (χ0n) is 10.8. The predicted molar refractivity (Wildman–Crippen MR) is 81.5 cm³/mol. The third-order valence-electron chi connectivity index (χ3n) is 2.78. The monoisotopic (exact) mass is 398 g/mol. The van der Waals surface area contributed by atoms with Crippen LogP contribution in [0.1, 0.15) is 10.5 Å². The maximum absolute atomic E-state index is 11.9. The number of carbonyl (C=O) groups excluding carboxylic acids is 1. The zero-order chi connectivity index (χ0) is 14.7. The van der Waals surface area contributed by atoms with Crippen molar-refractivity contribution in [3.05, 3.63) is 46.1 Å². The van der Waals surface area contributed by atoms with Gasteiger partial charge < -0.3 is 14.3 Å². The predicted octanol–water partition coefficient (Wildman–Crippen LogP) is 2.17. The highest BCUT2D eigenvalue weighted by Gasteiger charge is 2.14. The molecular weight excluding hydrogens is 387 g/mol. The summed E-state index contributed by atoms with van der Waals surface area (Å²) >= 11 is 2.18. The molecule has 0 fully saturated rings. The van der Waals surface area contributed by atoms with E-state index in [2.05, 4.69) is 38.2 Å². The number of nitrogens with zero attached hydrogens (tertiary/aromatic N) is 3. The van der Waals surface area contributed by atoms with Gasteiger partial charge in [0.15, 0.2) is 11.5 Å². The summed E-state index contributed by atoms with van der Waals surface area (Å²) in [6.07, 6.45) is 3.25. The number of halogens is 1. The van der Waals surface area contributed by atoms with Crippen molar-refractivity contribution in [2.45, 2.75) is 6.54 Å². The van der Waals surface area contributed by atoms with Gasteiger partial charge in [0.05, 0.1) is 22.7 Å². The first-order chi connectivity index (χ1) is 10.2. The molecule has 0 aliphatic heterocycles. The molecule has 0 aliphatic rings. The molecule has 108 valence electrons. The van der Waals surface area contributed by atoms with Crippen LogP contribution in [0, 0.1) is 3.70 Å². The van der Waals surface area contributed by atoms with E-state index in [4.69, 9.17) is 8.94 Å². The van der Waals surface area contributed by atoms with Gasteiger partial charge in [-0.2, -0.15) is 5.10 Å². The average Bonchev–Trinajstić information content (AvgIpc) is 3.19. The van der Waals surface area contributed by atoms with E-state index < -0.39 is 0 Å². The summed E-state index contributed by atoms with van der Waals surface area (Å²) < 4.78 is 13.1. The van der Waals surface area contributed by atoms with Gasteiger partial charge in [-0.05, 0) is 40.8 Å². The van der Waals surface area contributed by atoms with Crippen molar-refractivity contribution < 1.29 is 13.7 Å². The molecule has 8 heteroatoms. The van der Waals surface area contributed by atoms with Crippen molar-refractivity contribution in [1.29, 1.82) is 0 Å². The van der Waals surface area contributed by atoms with Crippen molar-refractivity contribution in [3.8, 4) is 11.5 Å². The first kappa shape index (κ1) is 13.9. The van der Waals surface area contributed by atoms with Crippen molar-refractivity contribution in [3.63, 3.8) is 0 Å². The highest BCUT2D eigenvalue weighted by atomic mass is 127. The van der Waals surface area contributed by atoms with E-state index in [0.29, 0.717) is 24.6 Å². The number of rotatable bonds is 5. The Hall–Kier alpha value is -2.10. The van der Waals surface area contributed by atoms with Crippen LogP contribution >= 0.6 is 22.6 Å². The van der Waals surface area contributed by atoms with Gasteiger partial charge in [0.25, 0.3) is 5.91 Å². The molecule has 3 aromatic rings. The van der Waals surface area contributed by atoms with Crippen LogP contribution in [0.3, 0.4) is 0 Å². The highest BCUT2D eigenvalue weighted by molar-refractivity contribution is 14.1. The first-order valence-electron chi connectivity index (χ1n) is 6.20. The minimum atomic E-state index is -0.293. The number of aromatic nitrogens is 3. The van der Waals surface area contributed by atoms with Gasteiger partial charge in [0.1, 0.15) is 0 Å². The summed E-state index contributed by atoms with van der Waals surface area (Å²) in [6.45, 7) is 1.05. The van der Waals surface area contributed by atoms with E-state index in [9.17, 15) is 4.79 Å². The Balaban J connectivity index is 1.57. The Labute approximate surface area is 133 Å². The fourth-order valence-corrected chi connectivity index (χ4v) is 2.29. The minimum absolute atomic E-state index is 0.219. The summed E-state index contributed by atoms with van der Waals surface area (Å²) in [5.41, 5.74) is 0.219. The van der Waals surface area contributed by atoms with E-state index in [1.165, 1.54) is 6.26 Å². The molecule has 1 N–H and O–H groups in total. The Morgan fingerprint density at radius 3 is 3.00 bits per heavy atom. The van der Waals surface area contributed by atoms with E-state index in [0.717, 1.165) is 3.70 Å². The van der Waals surface area contributed by atoms with Crippen LogP contribution in [-0.2, 0) is 6.54 Å². The van der Waals surface area contributed by atoms with Crippen molar-refractivity contribution in [1.82, 2.24) is 20.3 Å². The van der Waals surface area contributed by atoms with Crippen LogP contribution in [0.25, 0.3) is 11.5 Å². The van der Waals surface area contributed by atoms with Gasteiger partial charge >= 0.3 is 0 Å². The molecule has 0 atom stereocenters. The quantitative estimate of drug-likeness (QED) is 0.666. The summed E-state index contributed by atoms with van der Waals surface area (Å²) in [4.78, 5) is 11.9. The van der Waals surface area contributed by atoms with E-state index in [-0.39, 0.29) is 11.6 Å². The summed E-state index contributed by atoms with van der Waals surface area (Å²) in [7, 11) is 0. The molecule has 0 spiro atoms. The van der Waals surface area contributed by atoms with Crippen LogP contribution in [0.4, 0.5) is 0 Å². The third kappa shape index (κ3) is 3.15. The molecule has 0 aromatic carbocycles. The van der Waals surface area contributed by atoms with Crippen molar-refractivity contribution >= 4 is 28.5 Å². The number of amides is 1. The maximum Gasteiger partial charge on any atom is 0.273 e. The average molecular weight is 398 g/mol. The lowest BCUT2D eigenvalue weighted by Gasteiger charge is -2.04. The lowest BCUT2D eigenvalue weighted by molar-refractivity contribution is 0.0943. The number of hydrogen-bond acceptors (Lipinski definition) is 5. The standard InChI is InChI=1S/C13H11IN4O3/c14-12-3-4-16-18(12)6-5-15-13(19)9-8-11(21-17-9)10-2-1-7-20-10/h1-4,7-8H,5-6H2,(H,15,19). The van der Waals surface area contributed by atoms with Crippen LogP contribution in [0.5, 0.6) is 0 Å². The van der Waals surface area contributed by atoms with Gasteiger partial charge in [0.2, 0.25) is 5.76 Å². The number of hydrogen-bond donors (Lipinski definition) is 1. The molecule has 0 bridgehead atoms. The molecule has 0 aliphatic carbocycles. The molecule has 0 radical (unpaired) electrons. The van der Waals surface area contributed by atoms with Crippen LogP contribution in [-0.4, -0.2) is 27.4 Å². The molecule has 0 saturated carbocycles. The molecule has 3 heterocycles. The summed E-state index contributed by atoms with van der Waals surface area (Å²) in [5, 5.41) is 10.6. The van der Waals surface area contributed by atoms with E-state index >= 15 is 0 Å². The van der Waals surface area contributed by atoms with Crippen LogP contribution in [0.15, 0.2) is 45.7 Å². The number of furan rings is 1. The van der Waals surface area contributed by atoms with Crippen molar-refractivity contribution in [2.24, 2.45) is 0 Å². The normalized spacial score (nSPS) is 10.7. The summed E-state index contributed by atoms with van der Waals surface area (Å²) in [5.74, 6) is 0.665. The fourth-order valence-electron chi connectivity index (χ4n) is 1.76. The molecular formula is C13H11IN4O3. The van der Waals surface area contributed by atoms with Gasteiger partial charge in [-0.25, -0.2) is 0 Å². The van der Waals surface area contributed by atoms with Crippen LogP contribution < -0.4 is 5.32 Å². The van der Waals surface area contributed by atoms with Gasteiger partial charge in [-0.1, -0.05) is 5.16 Å². The molecule has 7 nitrogen and oxygen atoms in total. The molecule has 3 rings (SSSR count). The SMILES string of the molecule is O=C(NCCn1nccc1I)c1cc(-c2ccco2)on1. The molecule has 0 saturated heterocycles. The Morgan fingerprint density at radius 2 is 2.29 bits per heavy atom. The molecule has 0 unspecified atom stereocenters. The second kappa shape index (κ2) is 6.12. The Morgan fingerprint density at radius 1 is 1.38 bits per heavy atom. The smallest absolute Gasteiger partial charge is 0.273 e. The number of nitrogens with one attached hydrogen (secondary N) is 1. The highest BCUT2D eigenvalue weighted by Crippen LogP contribution is 2.20. The molecule has 21 heavy (non-hydrogen) atoms. The number of carbonyl (C=O) groups is 1. The minimum Gasteiger partial charge on any atom is -0.461 e.